The first kappa shape index (κ1) is 15.0. The van der Waals surface area contributed by atoms with Gasteiger partial charge in [-0.3, -0.25) is 14.5 Å². The number of likely N-dealkylation sites (tertiary alicyclic amines) is 1. The summed E-state index contributed by atoms with van der Waals surface area (Å²) in [6.07, 6.45) is 2.77. The molecule has 1 fully saturated rings. The number of carbonyl (C=O) groups is 3. The van der Waals surface area contributed by atoms with Crippen LogP contribution in [0, 0.1) is 17.8 Å². The van der Waals surface area contributed by atoms with Gasteiger partial charge in [-0.25, -0.2) is 4.79 Å². The largest absolute Gasteiger partial charge is 0.480 e. The molecule has 1 saturated heterocycles. The average Bonchev–Trinajstić information content (AvgIpc) is 2.58. The molecule has 0 aromatic heterocycles. The van der Waals surface area contributed by atoms with Crippen LogP contribution in [-0.4, -0.2) is 33.8 Å². The molecule has 3 atom stereocenters. The molecule has 20 heavy (non-hydrogen) atoms. The average molecular weight is 300 g/mol. The molecular weight excluding hydrogens is 282 g/mol. The van der Waals surface area contributed by atoms with Gasteiger partial charge in [-0.2, -0.15) is 0 Å². The zero-order chi connectivity index (χ0) is 15.0. The number of nitrogens with zero attached hydrogens (tertiary/aromatic N) is 1. The Labute approximate surface area is 122 Å². The molecule has 2 aliphatic rings. The van der Waals surface area contributed by atoms with Gasteiger partial charge in [-0.15, -0.1) is 0 Å². The highest BCUT2D eigenvalue weighted by molar-refractivity contribution is 6.30. The summed E-state index contributed by atoms with van der Waals surface area (Å²) >= 11 is 5.93. The number of allylic oxidation sites excluding steroid dienone is 2. The summed E-state index contributed by atoms with van der Waals surface area (Å²) in [5, 5.41) is 9.89. The van der Waals surface area contributed by atoms with Crippen LogP contribution in [0.4, 0.5) is 0 Å². The number of carbonyl (C=O) groups excluding carboxylic acids is 2. The summed E-state index contributed by atoms with van der Waals surface area (Å²) in [4.78, 5) is 37.1. The van der Waals surface area contributed by atoms with Gasteiger partial charge in [0.25, 0.3) is 0 Å². The molecule has 0 unspecified atom stereocenters. The first-order valence-corrected chi connectivity index (χ1v) is 7.15. The fourth-order valence-corrected chi connectivity index (χ4v) is 3.18. The highest BCUT2D eigenvalue weighted by atomic mass is 35.5. The maximum Gasteiger partial charge on any atom is 0.326 e. The van der Waals surface area contributed by atoms with Crippen LogP contribution in [0.3, 0.4) is 0 Å². The lowest BCUT2D eigenvalue weighted by atomic mass is 9.85. The Kier molecular flexibility index (Phi) is 4.18. The van der Waals surface area contributed by atoms with Crippen molar-refractivity contribution in [1.29, 1.82) is 0 Å². The zero-order valence-electron chi connectivity index (χ0n) is 11.5. The smallest absolute Gasteiger partial charge is 0.326 e. The van der Waals surface area contributed by atoms with Crippen molar-refractivity contribution in [1.82, 2.24) is 4.90 Å². The van der Waals surface area contributed by atoms with Crippen molar-refractivity contribution in [3.05, 3.63) is 11.1 Å². The van der Waals surface area contributed by atoms with Crippen LogP contribution in [0.2, 0.25) is 0 Å². The third-order valence-electron chi connectivity index (χ3n) is 3.89. The van der Waals surface area contributed by atoms with E-state index < -0.39 is 23.8 Å². The predicted molar refractivity (Wildman–Crippen MR) is 72.9 cm³/mol. The lowest BCUT2D eigenvalue weighted by molar-refractivity contribution is -0.155. The fourth-order valence-electron chi connectivity index (χ4n) is 2.92. The van der Waals surface area contributed by atoms with Gasteiger partial charge in [0.2, 0.25) is 11.8 Å². The van der Waals surface area contributed by atoms with E-state index in [1.165, 1.54) is 0 Å². The molecule has 5 nitrogen and oxygen atoms in total. The number of fused-ring (bicyclic) bond motifs is 1. The number of carboxylic acid groups (broad SMARTS) is 1. The van der Waals surface area contributed by atoms with E-state index in [1.54, 1.807) is 6.08 Å². The Morgan fingerprint density at radius 1 is 1.40 bits per heavy atom. The fraction of sp³-hybridized carbons (Fsp3) is 0.643. The van der Waals surface area contributed by atoms with E-state index in [0.717, 1.165) is 4.90 Å². The summed E-state index contributed by atoms with van der Waals surface area (Å²) < 4.78 is 0. The summed E-state index contributed by atoms with van der Waals surface area (Å²) in [5.41, 5.74) is 0. The van der Waals surface area contributed by atoms with E-state index in [4.69, 9.17) is 11.6 Å². The Morgan fingerprint density at radius 3 is 2.55 bits per heavy atom. The second-order valence-corrected chi connectivity index (χ2v) is 6.32. The molecule has 110 valence electrons. The number of amides is 2. The molecule has 2 amide bonds. The molecule has 0 radical (unpaired) electrons. The summed E-state index contributed by atoms with van der Waals surface area (Å²) in [7, 11) is 0. The molecule has 1 N–H and O–H groups in total. The van der Waals surface area contributed by atoms with Gasteiger partial charge in [0.05, 0.1) is 11.8 Å². The molecule has 0 aromatic carbocycles. The lowest BCUT2D eigenvalue weighted by Crippen LogP contribution is -2.46. The van der Waals surface area contributed by atoms with Crippen molar-refractivity contribution in [2.45, 2.75) is 39.2 Å². The maximum atomic E-state index is 12.4. The van der Waals surface area contributed by atoms with E-state index >= 15 is 0 Å². The van der Waals surface area contributed by atoms with E-state index in [-0.39, 0.29) is 24.2 Å². The molecule has 0 bridgehead atoms. The molecular formula is C14H18ClNO4. The number of hydrogen-bond acceptors (Lipinski definition) is 3. The monoisotopic (exact) mass is 299 g/mol. The van der Waals surface area contributed by atoms with Crippen LogP contribution >= 0.6 is 11.6 Å². The third-order valence-corrected chi connectivity index (χ3v) is 4.20. The first-order valence-electron chi connectivity index (χ1n) is 6.77. The Morgan fingerprint density at radius 2 is 2.00 bits per heavy atom. The summed E-state index contributed by atoms with van der Waals surface area (Å²) in [6.45, 7) is 3.73. The van der Waals surface area contributed by atoms with Gasteiger partial charge in [-0.1, -0.05) is 31.5 Å². The predicted octanol–water partition coefficient (Wildman–Crippen LogP) is 2.00. The van der Waals surface area contributed by atoms with E-state index in [1.807, 2.05) is 13.8 Å². The molecule has 0 aromatic rings. The molecule has 6 heteroatoms. The van der Waals surface area contributed by atoms with Crippen molar-refractivity contribution in [2.24, 2.45) is 17.8 Å². The van der Waals surface area contributed by atoms with Crippen molar-refractivity contribution in [3.8, 4) is 0 Å². The minimum atomic E-state index is -1.13. The topological polar surface area (TPSA) is 74.7 Å². The molecule has 0 saturated carbocycles. The first-order chi connectivity index (χ1) is 9.32. The van der Waals surface area contributed by atoms with Crippen LogP contribution in [0.5, 0.6) is 0 Å². The van der Waals surface area contributed by atoms with Crippen LogP contribution in [-0.2, 0) is 14.4 Å². The molecule has 1 heterocycles. The van der Waals surface area contributed by atoms with Crippen molar-refractivity contribution >= 4 is 29.4 Å². The van der Waals surface area contributed by atoms with E-state index in [2.05, 4.69) is 0 Å². The minimum Gasteiger partial charge on any atom is -0.480 e. The highest BCUT2D eigenvalue weighted by Crippen LogP contribution is 2.40. The number of carboxylic acids is 1. The minimum absolute atomic E-state index is 0.0843. The van der Waals surface area contributed by atoms with Crippen LogP contribution < -0.4 is 0 Å². The van der Waals surface area contributed by atoms with Gasteiger partial charge < -0.3 is 5.11 Å². The van der Waals surface area contributed by atoms with E-state index in [0.29, 0.717) is 17.9 Å². The SMILES string of the molecule is CC(C)C[C@H](C(=O)O)N1C(=O)[C@H]2CC=C(Cl)C[C@@H]2C1=O. The Bertz CT molecular complexity index is 486. The third kappa shape index (κ3) is 2.59. The molecule has 0 spiro atoms. The normalized spacial score (nSPS) is 27.6. The number of hydrogen-bond donors (Lipinski definition) is 1. The molecule has 2 rings (SSSR count). The van der Waals surface area contributed by atoms with Gasteiger partial charge in [0.1, 0.15) is 6.04 Å². The molecule has 1 aliphatic heterocycles. The zero-order valence-corrected chi connectivity index (χ0v) is 12.3. The van der Waals surface area contributed by atoms with Crippen LogP contribution in [0.25, 0.3) is 0 Å². The van der Waals surface area contributed by atoms with Crippen LogP contribution in [0.15, 0.2) is 11.1 Å². The van der Waals surface area contributed by atoms with Crippen molar-refractivity contribution in [2.75, 3.05) is 0 Å². The van der Waals surface area contributed by atoms with E-state index in [9.17, 15) is 19.5 Å². The molecule has 1 aliphatic carbocycles. The second-order valence-electron chi connectivity index (χ2n) is 5.83. The lowest BCUT2D eigenvalue weighted by Gasteiger charge is -2.24. The standard InChI is InChI=1S/C14H18ClNO4/c1-7(2)5-11(14(19)20)16-12(17)9-4-3-8(15)6-10(9)13(16)18/h3,7,9-11H,4-6H2,1-2H3,(H,19,20)/t9-,10-,11+/m0/s1. The highest BCUT2D eigenvalue weighted by Gasteiger charge is 2.52. The Hall–Kier alpha value is -1.36. The maximum absolute atomic E-state index is 12.4. The number of rotatable bonds is 4. The Balaban J connectivity index is 2.27. The van der Waals surface area contributed by atoms with Crippen molar-refractivity contribution < 1.29 is 19.5 Å². The summed E-state index contributed by atoms with van der Waals surface area (Å²) in [6, 6.07) is -1.07. The second kappa shape index (κ2) is 5.56. The van der Waals surface area contributed by atoms with Gasteiger partial charge in [0.15, 0.2) is 0 Å². The van der Waals surface area contributed by atoms with Gasteiger partial charge in [0, 0.05) is 5.03 Å². The van der Waals surface area contributed by atoms with Gasteiger partial charge in [-0.05, 0) is 25.2 Å². The summed E-state index contributed by atoms with van der Waals surface area (Å²) in [5.74, 6) is -2.74. The number of aliphatic carboxylic acids is 1. The van der Waals surface area contributed by atoms with Crippen molar-refractivity contribution in [3.63, 3.8) is 0 Å². The quantitative estimate of drug-likeness (QED) is 0.806. The van der Waals surface area contributed by atoms with Gasteiger partial charge >= 0.3 is 5.97 Å². The number of imide groups is 1. The van der Waals surface area contributed by atoms with Crippen LogP contribution in [0.1, 0.15) is 33.1 Å². The number of halogens is 1.